The van der Waals surface area contributed by atoms with Crippen LogP contribution in [0.25, 0.3) is 0 Å². The Morgan fingerprint density at radius 1 is 1.33 bits per heavy atom. The summed E-state index contributed by atoms with van der Waals surface area (Å²) in [5.41, 5.74) is 1.20. The van der Waals surface area contributed by atoms with Crippen molar-refractivity contribution < 1.29 is 19.7 Å². The quantitative estimate of drug-likeness (QED) is 0.365. The lowest BCUT2D eigenvalue weighted by Crippen LogP contribution is -2.18. The average molecular weight is 250 g/mol. The van der Waals surface area contributed by atoms with Crippen LogP contribution < -0.4 is 0 Å². The van der Waals surface area contributed by atoms with E-state index in [1.54, 1.807) is 0 Å². The molecule has 1 aliphatic carbocycles. The minimum atomic E-state index is -0.848. The van der Waals surface area contributed by atoms with Gasteiger partial charge >= 0.3 is 0 Å². The molecule has 0 aliphatic heterocycles. The SMILES string of the molecule is CC(C)OC(OO)c1ccccc1C1(C=O)CC1. The van der Waals surface area contributed by atoms with Gasteiger partial charge in [-0.05, 0) is 32.3 Å². The molecule has 1 aromatic carbocycles. The van der Waals surface area contributed by atoms with Gasteiger partial charge in [-0.15, -0.1) is 0 Å². The summed E-state index contributed by atoms with van der Waals surface area (Å²) in [4.78, 5) is 15.6. The molecule has 1 saturated carbocycles. The first-order valence-corrected chi connectivity index (χ1v) is 6.14. The molecule has 4 nitrogen and oxygen atoms in total. The van der Waals surface area contributed by atoms with E-state index < -0.39 is 11.7 Å². The van der Waals surface area contributed by atoms with Crippen molar-refractivity contribution in [3.8, 4) is 0 Å². The molecule has 18 heavy (non-hydrogen) atoms. The zero-order chi connectivity index (χ0) is 13.2. The number of carbonyl (C=O) groups is 1. The van der Waals surface area contributed by atoms with E-state index in [9.17, 15) is 4.79 Å². The van der Waals surface area contributed by atoms with Crippen molar-refractivity contribution in [1.29, 1.82) is 0 Å². The van der Waals surface area contributed by atoms with Gasteiger partial charge in [0.05, 0.1) is 11.5 Å². The first kappa shape index (κ1) is 13.2. The molecule has 1 unspecified atom stereocenters. The summed E-state index contributed by atoms with van der Waals surface area (Å²) in [5.74, 6) is 0. The summed E-state index contributed by atoms with van der Waals surface area (Å²) >= 11 is 0. The van der Waals surface area contributed by atoms with Crippen molar-refractivity contribution in [3.05, 3.63) is 35.4 Å². The number of hydrogen-bond acceptors (Lipinski definition) is 4. The Morgan fingerprint density at radius 2 is 2.00 bits per heavy atom. The Balaban J connectivity index is 2.34. The highest BCUT2D eigenvalue weighted by Gasteiger charge is 2.46. The van der Waals surface area contributed by atoms with E-state index in [4.69, 9.17) is 9.99 Å². The standard InChI is InChI=1S/C14H18O4/c1-10(2)17-13(18-16)11-5-3-4-6-12(11)14(9-15)7-8-14/h3-6,9-10,13,16H,7-8H2,1-2H3. The highest BCUT2D eigenvalue weighted by atomic mass is 17.1. The molecule has 1 aromatic rings. The van der Waals surface area contributed by atoms with Crippen molar-refractivity contribution in [2.45, 2.75) is 44.5 Å². The van der Waals surface area contributed by atoms with Crippen molar-refractivity contribution >= 4 is 6.29 Å². The summed E-state index contributed by atoms with van der Waals surface area (Å²) in [6.45, 7) is 3.72. The van der Waals surface area contributed by atoms with Gasteiger partial charge < -0.3 is 9.53 Å². The van der Waals surface area contributed by atoms with Gasteiger partial charge in [-0.25, -0.2) is 10.1 Å². The lowest BCUT2D eigenvalue weighted by Gasteiger charge is -2.22. The zero-order valence-corrected chi connectivity index (χ0v) is 10.6. The predicted octanol–water partition coefficient (Wildman–Crippen LogP) is 2.83. The van der Waals surface area contributed by atoms with Crippen molar-refractivity contribution in [1.82, 2.24) is 0 Å². The van der Waals surface area contributed by atoms with Gasteiger partial charge in [0.2, 0.25) is 6.29 Å². The van der Waals surface area contributed by atoms with Crippen LogP contribution in [0.3, 0.4) is 0 Å². The Kier molecular flexibility index (Phi) is 3.80. The van der Waals surface area contributed by atoms with E-state index in [1.807, 2.05) is 38.1 Å². The third-order valence-corrected chi connectivity index (χ3v) is 3.26. The smallest absolute Gasteiger partial charge is 0.217 e. The molecule has 0 spiro atoms. The second-order valence-electron chi connectivity index (χ2n) is 4.98. The summed E-state index contributed by atoms with van der Waals surface area (Å²) in [7, 11) is 0. The molecule has 0 amide bonds. The number of ether oxygens (including phenoxy) is 1. The van der Waals surface area contributed by atoms with Gasteiger partial charge in [-0.1, -0.05) is 24.3 Å². The van der Waals surface area contributed by atoms with E-state index in [2.05, 4.69) is 4.89 Å². The third-order valence-electron chi connectivity index (χ3n) is 3.26. The van der Waals surface area contributed by atoms with Crippen LogP contribution in [0.5, 0.6) is 0 Å². The van der Waals surface area contributed by atoms with Crippen LogP contribution in [-0.4, -0.2) is 17.6 Å². The molecule has 1 N–H and O–H groups in total. The maximum Gasteiger partial charge on any atom is 0.217 e. The largest absolute Gasteiger partial charge is 0.343 e. The van der Waals surface area contributed by atoms with Crippen LogP contribution in [0.1, 0.15) is 44.1 Å². The molecule has 0 heterocycles. The van der Waals surface area contributed by atoms with Crippen LogP contribution in [0.2, 0.25) is 0 Å². The molecule has 1 atom stereocenters. The minimum absolute atomic E-state index is 0.0819. The van der Waals surface area contributed by atoms with Gasteiger partial charge in [-0.3, -0.25) is 0 Å². The van der Waals surface area contributed by atoms with E-state index in [0.717, 1.165) is 30.3 Å². The number of rotatable bonds is 6. The van der Waals surface area contributed by atoms with Gasteiger partial charge in [0, 0.05) is 5.56 Å². The van der Waals surface area contributed by atoms with E-state index in [-0.39, 0.29) is 6.10 Å². The molecule has 0 radical (unpaired) electrons. The third kappa shape index (κ3) is 2.46. The maximum atomic E-state index is 11.2. The average Bonchev–Trinajstić information content (AvgIpc) is 3.17. The van der Waals surface area contributed by atoms with Crippen molar-refractivity contribution in [2.75, 3.05) is 0 Å². The summed E-state index contributed by atoms with van der Waals surface area (Å²) in [5, 5.41) is 9.00. The first-order chi connectivity index (χ1) is 8.63. The fourth-order valence-electron chi connectivity index (χ4n) is 2.14. The topological polar surface area (TPSA) is 55.8 Å². The number of hydrogen-bond donors (Lipinski definition) is 1. The van der Waals surface area contributed by atoms with Crippen LogP contribution in [0, 0.1) is 0 Å². The van der Waals surface area contributed by atoms with Crippen LogP contribution in [0.15, 0.2) is 24.3 Å². The molecule has 0 bridgehead atoms. The molecule has 2 rings (SSSR count). The van der Waals surface area contributed by atoms with Crippen LogP contribution >= 0.6 is 0 Å². The second kappa shape index (κ2) is 5.18. The summed E-state index contributed by atoms with van der Waals surface area (Å²) < 4.78 is 5.51. The number of benzene rings is 1. The predicted molar refractivity (Wildman–Crippen MR) is 66.1 cm³/mol. The maximum absolute atomic E-state index is 11.2. The fourth-order valence-corrected chi connectivity index (χ4v) is 2.14. The zero-order valence-electron chi connectivity index (χ0n) is 10.6. The normalized spacial score (nSPS) is 18.7. The molecule has 0 aromatic heterocycles. The van der Waals surface area contributed by atoms with E-state index >= 15 is 0 Å². The van der Waals surface area contributed by atoms with Gasteiger partial charge in [0.1, 0.15) is 6.29 Å². The van der Waals surface area contributed by atoms with Gasteiger partial charge in [0.15, 0.2) is 0 Å². The summed E-state index contributed by atoms with van der Waals surface area (Å²) in [6.07, 6.45) is 1.73. The Labute approximate surface area is 106 Å². The van der Waals surface area contributed by atoms with Crippen LogP contribution in [0.4, 0.5) is 0 Å². The molecular formula is C14H18O4. The first-order valence-electron chi connectivity index (χ1n) is 6.14. The van der Waals surface area contributed by atoms with Gasteiger partial charge in [0.25, 0.3) is 0 Å². The molecule has 0 saturated heterocycles. The Bertz CT molecular complexity index is 424. The summed E-state index contributed by atoms with van der Waals surface area (Å²) in [6, 6.07) is 7.44. The molecule has 4 heteroatoms. The highest BCUT2D eigenvalue weighted by molar-refractivity contribution is 5.74. The minimum Gasteiger partial charge on any atom is -0.343 e. The Hall–Kier alpha value is -1.23. The van der Waals surface area contributed by atoms with Crippen LogP contribution in [-0.2, 0) is 19.8 Å². The fraction of sp³-hybridized carbons (Fsp3) is 0.500. The molecule has 98 valence electrons. The number of carbonyl (C=O) groups excluding carboxylic acids is 1. The van der Waals surface area contributed by atoms with Gasteiger partial charge in [-0.2, -0.15) is 0 Å². The molecule has 1 aliphatic rings. The monoisotopic (exact) mass is 250 g/mol. The van der Waals surface area contributed by atoms with E-state index in [1.165, 1.54) is 0 Å². The van der Waals surface area contributed by atoms with E-state index in [0.29, 0.717) is 0 Å². The second-order valence-corrected chi connectivity index (χ2v) is 4.98. The van der Waals surface area contributed by atoms with Crippen molar-refractivity contribution in [2.24, 2.45) is 0 Å². The highest BCUT2D eigenvalue weighted by Crippen LogP contribution is 2.48. The molecule has 1 fully saturated rings. The Morgan fingerprint density at radius 3 is 2.50 bits per heavy atom. The number of aldehydes is 1. The lowest BCUT2D eigenvalue weighted by molar-refractivity contribution is -0.357. The molecular weight excluding hydrogens is 232 g/mol. The van der Waals surface area contributed by atoms with Crippen molar-refractivity contribution in [3.63, 3.8) is 0 Å². The lowest BCUT2D eigenvalue weighted by atomic mass is 9.92.